The van der Waals surface area contributed by atoms with Gasteiger partial charge in [0.1, 0.15) is 5.75 Å². The Bertz CT molecular complexity index is 864. The first kappa shape index (κ1) is 19.6. The number of hydrogen-bond donors (Lipinski definition) is 1. The Balaban J connectivity index is 1.98. The molecule has 0 bridgehead atoms. The lowest BCUT2D eigenvalue weighted by atomic mass is 10.2. The van der Waals surface area contributed by atoms with Gasteiger partial charge in [0.25, 0.3) is 11.6 Å². The molecule has 8 heteroatoms. The van der Waals surface area contributed by atoms with Crippen molar-refractivity contribution < 1.29 is 24.0 Å². The first-order valence-corrected chi connectivity index (χ1v) is 7.97. The average molecular weight is 370 g/mol. The summed E-state index contributed by atoms with van der Waals surface area (Å²) in [5.41, 5.74) is 0.883. The molecule has 0 aliphatic carbocycles. The molecular weight excluding hydrogens is 352 g/mol. The molecule has 2 aromatic rings. The Kier molecular flexibility index (Phi) is 6.65. The molecule has 1 atom stereocenters. The molecule has 8 nitrogen and oxygen atoms in total. The Morgan fingerprint density at radius 1 is 1.19 bits per heavy atom. The highest BCUT2D eigenvalue weighted by atomic mass is 16.6. The summed E-state index contributed by atoms with van der Waals surface area (Å²) < 4.78 is 10.1. The minimum atomic E-state index is -1.07. The zero-order chi connectivity index (χ0) is 19.8. The molecule has 0 fully saturated rings. The first-order chi connectivity index (χ1) is 12.9. The molecule has 140 valence electrons. The highest BCUT2D eigenvalue weighted by Gasteiger charge is 2.19. The van der Waals surface area contributed by atoms with Gasteiger partial charge in [-0.3, -0.25) is 14.9 Å². The Labute approximate surface area is 155 Å². The first-order valence-electron chi connectivity index (χ1n) is 7.97. The van der Waals surface area contributed by atoms with Gasteiger partial charge < -0.3 is 14.8 Å². The molecule has 0 saturated carbocycles. The maximum Gasteiger partial charge on any atom is 0.331 e. The predicted molar refractivity (Wildman–Crippen MR) is 99.3 cm³/mol. The van der Waals surface area contributed by atoms with E-state index in [9.17, 15) is 19.7 Å². The lowest BCUT2D eigenvalue weighted by molar-refractivity contribution is -0.384. The molecule has 1 amide bonds. The van der Waals surface area contributed by atoms with E-state index in [1.165, 1.54) is 38.3 Å². The summed E-state index contributed by atoms with van der Waals surface area (Å²) in [6.45, 7) is 1.42. The summed E-state index contributed by atoms with van der Waals surface area (Å²) in [7, 11) is 1.33. The molecule has 2 aromatic carbocycles. The van der Waals surface area contributed by atoms with Gasteiger partial charge in [-0.1, -0.05) is 30.3 Å². The number of benzene rings is 2. The summed E-state index contributed by atoms with van der Waals surface area (Å²) in [5.74, 6) is -1.14. The largest absolute Gasteiger partial charge is 0.494 e. The number of nitro groups is 1. The van der Waals surface area contributed by atoms with E-state index < -0.39 is 22.9 Å². The second kappa shape index (κ2) is 9.14. The number of nitrogens with one attached hydrogen (secondary N) is 1. The number of carbonyl (C=O) groups is 2. The van der Waals surface area contributed by atoms with Crippen LogP contribution in [0.3, 0.4) is 0 Å². The number of rotatable bonds is 7. The molecule has 0 aliphatic heterocycles. The molecule has 27 heavy (non-hydrogen) atoms. The smallest absolute Gasteiger partial charge is 0.331 e. The average Bonchev–Trinajstić information content (AvgIpc) is 2.67. The minimum Gasteiger partial charge on any atom is -0.494 e. The molecule has 2 rings (SSSR count). The predicted octanol–water partition coefficient (Wildman–Crippen LogP) is 3.19. The number of anilines is 1. The van der Waals surface area contributed by atoms with Gasteiger partial charge in [-0.25, -0.2) is 4.79 Å². The quantitative estimate of drug-likeness (QED) is 0.347. The van der Waals surface area contributed by atoms with Crippen LogP contribution in [0, 0.1) is 10.1 Å². The van der Waals surface area contributed by atoms with Crippen molar-refractivity contribution in [1.29, 1.82) is 0 Å². The fraction of sp³-hybridized carbons (Fsp3) is 0.158. The topological polar surface area (TPSA) is 108 Å². The fourth-order valence-electron chi connectivity index (χ4n) is 2.13. The van der Waals surface area contributed by atoms with Crippen LogP contribution in [0.2, 0.25) is 0 Å². The van der Waals surface area contributed by atoms with Crippen LogP contribution in [-0.2, 0) is 14.3 Å². The summed E-state index contributed by atoms with van der Waals surface area (Å²) in [6, 6.07) is 12.9. The maximum absolute atomic E-state index is 12.2. The van der Waals surface area contributed by atoms with E-state index in [0.29, 0.717) is 0 Å². The lowest BCUT2D eigenvalue weighted by Crippen LogP contribution is -2.29. The number of amides is 1. The number of non-ortho nitro benzene ring substituents is 1. The van der Waals surface area contributed by atoms with E-state index >= 15 is 0 Å². The highest BCUT2D eigenvalue weighted by Crippen LogP contribution is 2.29. The molecule has 0 unspecified atom stereocenters. The summed E-state index contributed by atoms with van der Waals surface area (Å²) >= 11 is 0. The SMILES string of the molecule is COc1cc([N+](=O)[O-])ccc1NC(=O)[C@H](C)OC(=O)/C=C/c1ccccc1. The van der Waals surface area contributed by atoms with E-state index in [4.69, 9.17) is 9.47 Å². The molecule has 0 heterocycles. The van der Waals surface area contributed by atoms with Crippen LogP contribution < -0.4 is 10.1 Å². The molecule has 0 spiro atoms. The van der Waals surface area contributed by atoms with Gasteiger partial charge in [-0.15, -0.1) is 0 Å². The van der Waals surface area contributed by atoms with Crippen LogP contribution in [0.5, 0.6) is 5.75 Å². The fourth-order valence-corrected chi connectivity index (χ4v) is 2.13. The maximum atomic E-state index is 12.2. The molecule has 0 radical (unpaired) electrons. The third-order valence-electron chi connectivity index (χ3n) is 3.53. The van der Waals surface area contributed by atoms with E-state index in [1.54, 1.807) is 6.08 Å². The summed E-state index contributed by atoms with van der Waals surface area (Å²) in [6.07, 6.45) is 1.73. The second-order valence-electron chi connectivity index (χ2n) is 5.45. The Hall–Kier alpha value is -3.68. The molecular formula is C19H18N2O6. The van der Waals surface area contributed by atoms with Gasteiger partial charge in [0.05, 0.1) is 23.8 Å². The van der Waals surface area contributed by atoms with E-state index in [2.05, 4.69) is 5.32 Å². The standard InChI is InChI=1S/C19H18N2O6/c1-13(27-18(22)11-8-14-6-4-3-5-7-14)19(23)20-16-10-9-15(21(24)25)12-17(16)26-2/h3-13H,1-2H3,(H,20,23)/b11-8+/t13-/m0/s1. The number of nitro benzene ring substituents is 1. The monoisotopic (exact) mass is 370 g/mol. The van der Waals surface area contributed by atoms with Crippen molar-refractivity contribution >= 4 is 29.3 Å². The van der Waals surface area contributed by atoms with Crippen LogP contribution in [0.15, 0.2) is 54.6 Å². The van der Waals surface area contributed by atoms with E-state index in [1.807, 2.05) is 30.3 Å². The van der Waals surface area contributed by atoms with Crippen LogP contribution in [0.25, 0.3) is 6.08 Å². The second-order valence-corrected chi connectivity index (χ2v) is 5.45. The molecule has 0 aromatic heterocycles. The number of carbonyl (C=O) groups excluding carboxylic acids is 2. The van der Waals surface area contributed by atoms with Gasteiger partial charge in [0, 0.05) is 12.1 Å². The summed E-state index contributed by atoms with van der Waals surface area (Å²) in [4.78, 5) is 34.3. The highest BCUT2D eigenvalue weighted by molar-refractivity contribution is 5.97. The zero-order valence-electron chi connectivity index (χ0n) is 14.7. The Morgan fingerprint density at radius 3 is 2.52 bits per heavy atom. The van der Waals surface area contributed by atoms with Gasteiger partial charge in [-0.2, -0.15) is 0 Å². The van der Waals surface area contributed by atoms with Crippen molar-refractivity contribution in [3.05, 3.63) is 70.3 Å². The van der Waals surface area contributed by atoms with Crippen molar-refractivity contribution in [3.63, 3.8) is 0 Å². The van der Waals surface area contributed by atoms with Crippen LogP contribution in [0.4, 0.5) is 11.4 Å². The van der Waals surface area contributed by atoms with Gasteiger partial charge >= 0.3 is 5.97 Å². The van der Waals surface area contributed by atoms with Gasteiger partial charge in [0.15, 0.2) is 6.10 Å². The molecule has 1 N–H and O–H groups in total. The van der Waals surface area contributed by atoms with E-state index in [-0.39, 0.29) is 17.1 Å². The van der Waals surface area contributed by atoms with Gasteiger partial charge in [-0.05, 0) is 24.6 Å². The normalized spacial score (nSPS) is 11.6. The van der Waals surface area contributed by atoms with Crippen molar-refractivity contribution in [2.45, 2.75) is 13.0 Å². The van der Waals surface area contributed by atoms with E-state index in [0.717, 1.165) is 5.56 Å². The lowest BCUT2D eigenvalue weighted by Gasteiger charge is -2.14. The number of methoxy groups -OCH3 is 1. The molecule has 0 saturated heterocycles. The third-order valence-corrected chi connectivity index (χ3v) is 3.53. The number of nitrogens with zero attached hydrogens (tertiary/aromatic N) is 1. The number of hydrogen-bond acceptors (Lipinski definition) is 6. The van der Waals surface area contributed by atoms with Crippen LogP contribution in [-0.4, -0.2) is 30.0 Å². The van der Waals surface area contributed by atoms with Crippen LogP contribution >= 0.6 is 0 Å². The summed E-state index contributed by atoms with van der Waals surface area (Å²) in [5, 5.41) is 13.3. The third kappa shape index (κ3) is 5.67. The van der Waals surface area contributed by atoms with Gasteiger partial charge in [0.2, 0.25) is 0 Å². The zero-order valence-corrected chi connectivity index (χ0v) is 14.7. The minimum absolute atomic E-state index is 0.125. The Morgan fingerprint density at radius 2 is 1.89 bits per heavy atom. The van der Waals surface area contributed by atoms with Crippen LogP contribution in [0.1, 0.15) is 12.5 Å². The van der Waals surface area contributed by atoms with Crippen molar-refractivity contribution in [2.75, 3.05) is 12.4 Å². The number of esters is 1. The van der Waals surface area contributed by atoms with Crippen molar-refractivity contribution in [1.82, 2.24) is 0 Å². The van der Waals surface area contributed by atoms with Crippen molar-refractivity contribution in [2.24, 2.45) is 0 Å². The van der Waals surface area contributed by atoms with Crippen molar-refractivity contribution in [3.8, 4) is 5.75 Å². The molecule has 0 aliphatic rings. The number of ether oxygens (including phenoxy) is 2.